The molecule has 0 saturated carbocycles. The van der Waals surface area contributed by atoms with Crippen LogP contribution in [0.3, 0.4) is 0 Å². The summed E-state index contributed by atoms with van der Waals surface area (Å²) in [5.41, 5.74) is 6.95. The van der Waals surface area contributed by atoms with Crippen LogP contribution in [0.2, 0.25) is 0 Å². The molecule has 10 nitrogen and oxygen atoms in total. The average molecular weight is 475 g/mol. The van der Waals surface area contributed by atoms with Gasteiger partial charge >= 0.3 is 5.97 Å². The first-order chi connectivity index (χ1) is 16.1. The minimum atomic E-state index is -1.05. The first kappa shape index (κ1) is 25.5. The molecule has 0 aliphatic carbocycles. The summed E-state index contributed by atoms with van der Waals surface area (Å²) in [6, 6.07) is 3.09. The van der Waals surface area contributed by atoms with Gasteiger partial charge in [-0.3, -0.25) is 14.4 Å². The Balaban J connectivity index is 1.66. The summed E-state index contributed by atoms with van der Waals surface area (Å²) >= 11 is 0. The van der Waals surface area contributed by atoms with Gasteiger partial charge < -0.3 is 31.1 Å². The van der Waals surface area contributed by atoms with Gasteiger partial charge in [0, 0.05) is 13.1 Å². The maximum absolute atomic E-state index is 13.2. The van der Waals surface area contributed by atoms with Crippen molar-refractivity contribution < 1.29 is 29.4 Å². The Morgan fingerprint density at radius 2 is 1.56 bits per heavy atom. The van der Waals surface area contributed by atoms with Gasteiger partial charge in [0.2, 0.25) is 17.7 Å². The third-order valence-corrected chi connectivity index (χ3v) is 6.60. The summed E-state index contributed by atoms with van der Waals surface area (Å²) in [7, 11) is 0. The number of benzene rings is 1. The van der Waals surface area contributed by atoms with E-state index in [0.717, 1.165) is 5.56 Å². The fraction of sp³-hybridized carbons (Fsp3) is 0.583. The molecule has 2 aliphatic heterocycles. The van der Waals surface area contributed by atoms with E-state index < -0.39 is 42.0 Å². The van der Waals surface area contributed by atoms with Crippen LogP contribution in [0.15, 0.2) is 24.3 Å². The molecule has 2 saturated heterocycles. The van der Waals surface area contributed by atoms with Crippen molar-refractivity contribution in [2.45, 2.75) is 70.1 Å². The number of carboxylic acid groups (broad SMARTS) is 1. The maximum Gasteiger partial charge on any atom is 0.326 e. The lowest BCUT2D eigenvalue weighted by Gasteiger charge is -2.32. The largest absolute Gasteiger partial charge is 0.508 e. The molecule has 1 aromatic carbocycles. The Hall–Kier alpha value is -3.14. The van der Waals surface area contributed by atoms with Gasteiger partial charge in [-0.25, -0.2) is 4.79 Å². The number of aromatic hydroxyl groups is 1. The monoisotopic (exact) mass is 474 g/mol. The summed E-state index contributed by atoms with van der Waals surface area (Å²) < 4.78 is 0. The number of amides is 3. The number of nitrogens with two attached hydrogens (primary N) is 1. The van der Waals surface area contributed by atoms with E-state index in [2.05, 4.69) is 5.32 Å². The zero-order valence-electron chi connectivity index (χ0n) is 19.6. The van der Waals surface area contributed by atoms with E-state index in [-0.39, 0.29) is 24.0 Å². The number of nitrogens with zero attached hydrogens (tertiary/aromatic N) is 2. The number of likely N-dealkylation sites (tertiary alicyclic amines) is 2. The Morgan fingerprint density at radius 3 is 2.12 bits per heavy atom. The molecule has 2 aliphatic rings. The van der Waals surface area contributed by atoms with Crippen LogP contribution in [-0.2, 0) is 25.6 Å². The second-order valence-electron chi connectivity index (χ2n) is 9.42. The molecule has 0 unspecified atom stereocenters. The number of phenolic OH excluding ortho intramolecular Hbond substituents is 1. The number of aliphatic carboxylic acids is 1. The standard InChI is InChI=1S/C24H34N4O6/c1-14(2)20(23(32)28-12-4-6-19(28)24(33)34)26-21(30)18-5-3-11-27(18)22(31)17(25)13-15-7-9-16(29)10-8-15/h7-10,14,17-20,29H,3-6,11-13,25H2,1-2H3,(H,26,30)(H,33,34)/t17-,18-,19-,20-/m0/s1. The molecular weight excluding hydrogens is 440 g/mol. The Bertz CT molecular complexity index is 919. The van der Waals surface area contributed by atoms with Crippen molar-refractivity contribution in [2.75, 3.05) is 13.1 Å². The normalized spacial score (nSPS) is 22.0. The van der Waals surface area contributed by atoms with E-state index in [1.54, 1.807) is 26.0 Å². The number of nitrogens with one attached hydrogen (secondary N) is 1. The molecule has 0 radical (unpaired) electrons. The van der Waals surface area contributed by atoms with Crippen molar-refractivity contribution in [1.82, 2.24) is 15.1 Å². The van der Waals surface area contributed by atoms with Gasteiger partial charge in [0.15, 0.2) is 0 Å². The quantitative estimate of drug-likeness (QED) is 0.427. The van der Waals surface area contributed by atoms with Gasteiger partial charge in [0.05, 0.1) is 6.04 Å². The number of hydrogen-bond acceptors (Lipinski definition) is 6. The smallest absolute Gasteiger partial charge is 0.326 e. The van der Waals surface area contributed by atoms with Crippen LogP contribution in [-0.4, -0.2) is 81.0 Å². The predicted molar refractivity (Wildman–Crippen MR) is 124 cm³/mol. The molecule has 2 fully saturated rings. The van der Waals surface area contributed by atoms with E-state index in [1.165, 1.54) is 21.9 Å². The zero-order valence-corrected chi connectivity index (χ0v) is 19.6. The van der Waals surface area contributed by atoms with Gasteiger partial charge in [0.1, 0.15) is 23.9 Å². The molecule has 3 amide bonds. The summed E-state index contributed by atoms with van der Waals surface area (Å²) in [5, 5.41) is 21.6. The van der Waals surface area contributed by atoms with Crippen molar-refractivity contribution >= 4 is 23.7 Å². The fourth-order valence-corrected chi connectivity index (χ4v) is 4.72. The number of carbonyl (C=O) groups excluding carboxylic acids is 3. The SMILES string of the molecule is CC(C)[C@H](NC(=O)[C@@H]1CCCN1C(=O)[C@@H](N)Cc1ccc(O)cc1)C(=O)N1CCC[C@H]1C(=O)O. The number of carbonyl (C=O) groups is 4. The first-order valence-corrected chi connectivity index (χ1v) is 11.8. The zero-order chi connectivity index (χ0) is 25.0. The number of phenols is 1. The summed E-state index contributed by atoms with van der Waals surface area (Å²) in [6.45, 7) is 4.32. The number of hydrogen-bond donors (Lipinski definition) is 4. The molecule has 5 N–H and O–H groups in total. The van der Waals surface area contributed by atoms with Crippen LogP contribution in [0.1, 0.15) is 45.1 Å². The molecule has 0 bridgehead atoms. The minimum Gasteiger partial charge on any atom is -0.508 e. The highest BCUT2D eigenvalue weighted by atomic mass is 16.4. The van der Waals surface area contributed by atoms with Crippen molar-refractivity contribution in [3.8, 4) is 5.75 Å². The van der Waals surface area contributed by atoms with Crippen LogP contribution in [0.25, 0.3) is 0 Å². The summed E-state index contributed by atoms with van der Waals surface area (Å²) in [4.78, 5) is 53.7. The van der Waals surface area contributed by atoms with Gasteiger partial charge in [0.25, 0.3) is 0 Å². The molecule has 10 heteroatoms. The predicted octanol–water partition coefficient (Wildman–Crippen LogP) is 0.469. The van der Waals surface area contributed by atoms with Gasteiger partial charge in [-0.05, 0) is 55.7 Å². The molecular formula is C24H34N4O6. The molecule has 186 valence electrons. The Morgan fingerprint density at radius 1 is 1.00 bits per heavy atom. The summed E-state index contributed by atoms with van der Waals surface area (Å²) in [6.07, 6.45) is 2.37. The van der Waals surface area contributed by atoms with E-state index >= 15 is 0 Å². The Labute approximate surface area is 199 Å². The first-order valence-electron chi connectivity index (χ1n) is 11.8. The van der Waals surface area contributed by atoms with Crippen molar-refractivity contribution in [3.63, 3.8) is 0 Å². The highest BCUT2D eigenvalue weighted by Crippen LogP contribution is 2.23. The van der Waals surface area contributed by atoms with Crippen molar-refractivity contribution in [2.24, 2.45) is 11.7 Å². The van der Waals surface area contributed by atoms with Crippen molar-refractivity contribution in [3.05, 3.63) is 29.8 Å². The number of rotatable bonds is 8. The molecule has 0 spiro atoms. The van der Waals surface area contributed by atoms with Crippen LogP contribution in [0.5, 0.6) is 5.75 Å². The van der Waals surface area contributed by atoms with E-state index in [4.69, 9.17) is 5.73 Å². The summed E-state index contributed by atoms with van der Waals surface area (Å²) in [5.74, 6) is -2.36. The van der Waals surface area contributed by atoms with Crippen LogP contribution in [0.4, 0.5) is 0 Å². The van der Waals surface area contributed by atoms with E-state index in [1.807, 2.05) is 0 Å². The van der Waals surface area contributed by atoms with Gasteiger partial charge in [-0.15, -0.1) is 0 Å². The third-order valence-electron chi connectivity index (χ3n) is 6.60. The lowest BCUT2D eigenvalue weighted by atomic mass is 10.0. The lowest BCUT2D eigenvalue weighted by Crippen LogP contribution is -2.58. The second kappa shape index (κ2) is 10.9. The lowest BCUT2D eigenvalue weighted by molar-refractivity contribution is -0.150. The van der Waals surface area contributed by atoms with Gasteiger partial charge in [-0.1, -0.05) is 26.0 Å². The maximum atomic E-state index is 13.2. The molecule has 3 rings (SSSR count). The van der Waals surface area contributed by atoms with Crippen molar-refractivity contribution in [1.29, 1.82) is 0 Å². The Kier molecular flexibility index (Phi) is 8.14. The van der Waals surface area contributed by atoms with E-state index in [9.17, 15) is 29.4 Å². The topological polar surface area (TPSA) is 153 Å². The highest BCUT2D eigenvalue weighted by Gasteiger charge is 2.41. The van der Waals surface area contributed by atoms with Crippen LogP contribution in [0, 0.1) is 5.92 Å². The fourth-order valence-electron chi connectivity index (χ4n) is 4.72. The highest BCUT2D eigenvalue weighted by molar-refractivity contribution is 5.94. The third kappa shape index (κ3) is 5.67. The molecule has 1 aromatic rings. The molecule has 4 atom stereocenters. The minimum absolute atomic E-state index is 0.123. The van der Waals surface area contributed by atoms with E-state index in [0.29, 0.717) is 38.8 Å². The average Bonchev–Trinajstić information content (AvgIpc) is 3.47. The molecule has 34 heavy (non-hydrogen) atoms. The number of carboxylic acids is 1. The molecule has 0 aromatic heterocycles. The molecule has 2 heterocycles. The second-order valence-corrected chi connectivity index (χ2v) is 9.42. The van der Waals surface area contributed by atoms with Crippen LogP contribution < -0.4 is 11.1 Å². The van der Waals surface area contributed by atoms with Crippen LogP contribution >= 0.6 is 0 Å². The van der Waals surface area contributed by atoms with Gasteiger partial charge in [-0.2, -0.15) is 0 Å².